The summed E-state index contributed by atoms with van der Waals surface area (Å²) in [4.78, 5) is 8.58. The lowest BCUT2D eigenvalue weighted by molar-refractivity contribution is 0.851. The number of nitrogens with zero attached hydrogens (tertiary/aromatic N) is 2. The van der Waals surface area contributed by atoms with E-state index in [4.69, 9.17) is 5.73 Å². The first-order chi connectivity index (χ1) is 9.81. The van der Waals surface area contributed by atoms with E-state index in [0.29, 0.717) is 0 Å². The quantitative estimate of drug-likeness (QED) is 0.789. The molecule has 0 amide bonds. The fraction of sp³-hybridized carbons (Fsp3) is 0.176. The summed E-state index contributed by atoms with van der Waals surface area (Å²) in [5.41, 5.74) is 10.9. The number of aromatic nitrogens is 2. The highest BCUT2D eigenvalue weighted by atomic mass is 14.7. The molecule has 3 nitrogen and oxygen atoms in total. The van der Waals surface area contributed by atoms with Gasteiger partial charge in [-0.1, -0.05) is 25.1 Å². The van der Waals surface area contributed by atoms with Crippen LogP contribution in [0.2, 0.25) is 0 Å². The summed E-state index contributed by atoms with van der Waals surface area (Å²) in [5.74, 6) is 0. The summed E-state index contributed by atoms with van der Waals surface area (Å²) in [6, 6.07) is 12.0. The van der Waals surface area contributed by atoms with Crippen LogP contribution in [-0.4, -0.2) is 9.97 Å². The number of hydrogen-bond donors (Lipinski definition) is 1. The average Bonchev–Trinajstić information content (AvgIpc) is 2.53. The molecule has 3 heteroatoms. The molecule has 3 aromatic rings. The topological polar surface area (TPSA) is 51.8 Å². The van der Waals surface area contributed by atoms with Crippen LogP contribution in [0.5, 0.6) is 0 Å². The Hall–Kier alpha value is -2.26. The molecule has 0 aliphatic heterocycles. The minimum atomic E-state index is -0.152. The van der Waals surface area contributed by atoms with Crippen molar-refractivity contribution >= 4 is 10.9 Å². The van der Waals surface area contributed by atoms with E-state index in [0.717, 1.165) is 28.5 Å². The molecule has 3 rings (SSSR count). The summed E-state index contributed by atoms with van der Waals surface area (Å²) < 4.78 is 0. The Labute approximate surface area is 118 Å². The zero-order chi connectivity index (χ0) is 13.9. The van der Waals surface area contributed by atoms with Crippen LogP contribution in [0.15, 0.2) is 55.0 Å². The molecular formula is C17H17N3. The van der Waals surface area contributed by atoms with Gasteiger partial charge in [-0.05, 0) is 41.3 Å². The molecule has 0 fully saturated rings. The Kier molecular flexibility index (Phi) is 3.44. The predicted molar refractivity (Wildman–Crippen MR) is 81.4 cm³/mol. The van der Waals surface area contributed by atoms with Crippen molar-refractivity contribution in [3.8, 4) is 0 Å². The molecule has 1 unspecified atom stereocenters. The van der Waals surface area contributed by atoms with Crippen LogP contribution >= 0.6 is 0 Å². The average molecular weight is 263 g/mol. The molecule has 1 atom stereocenters. The van der Waals surface area contributed by atoms with Gasteiger partial charge in [0.05, 0.1) is 11.6 Å². The lowest BCUT2D eigenvalue weighted by atomic mass is 9.93. The van der Waals surface area contributed by atoms with Gasteiger partial charge in [0, 0.05) is 24.0 Å². The van der Waals surface area contributed by atoms with Gasteiger partial charge < -0.3 is 5.73 Å². The molecule has 2 aromatic heterocycles. The van der Waals surface area contributed by atoms with E-state index in [9.17, 15) is 0 Å². The van der Waals surface area contributed by atoms with Gasteiger partial charge >= 0.3 is 0 Å². The van der Waals surface area contributed by atoms with Gasteiger partial charge in [-0.25, -0.2) is 0 Å². The highest BCUT2D eigenvalue weighted by molar-refractivity contribution is 5.83. The van der Waals surface area contributed by atoms with Gasteiger partial charge in [0.2, 0.25) is 0 Å². The first-order valence-electron chi connectivity index (χ1n) is 6.83. The summed E-state index contributed by atoms with van der Waals surface area (Å²) >= 11 is 0. The minimum absolute atomic E-state index is 0.152. The van der Waals surface area contributed by atoms with E-state index in [1.165, 1.54) is 5.56 Å². The zero-order valence-corrected chi connectivity index (χ0v) is 11.5. The molecule has 0 aliphatic rings. The molecule has 0 bridgehead atoms. The highest BCUT2D eigenvalue weighted by Gasteiger charge is 2.15. The monoisotopic (exact) mass is 263 g/mol. The lowest BCUT2D eigenvalue weighted by Crippen LogP contribution is -2.14. The number of fused-ring (bicyclic) bond motifs is 1. The molecule has 20 heavy (non-hydrogen) atoms. The van der Waals surface area contributed by atoms with Crippen molar-refractivity contribution < 1.29 is 0 Å². The Morgan fingerprint density at radius 1 is 1.05 bits per heavy atom. The van der Waals surface area contributed by atoms with Crippen LogP contribution in [0.1, 0.15) is 29.7 Å². The van der Waals surface area contributed by atoms with Gasteiger partial charge in [0.25, 0.3) is 0 Å². The second-order valence-electron chi connectivity index (χ2n) is 4.82. The van der Waals surface area contributed by atoms with E-state index in [-0.39, 0.29) is 6.04 Å². The third kappa shape index (κ3) is 2.17. The van der Waals surface area contributed by atoms with Gasteiger partial charge in [0.15, 0.2) is 0 Å². The van der Waals surface area contributed by atoms with Crippen LogP contribution in [0, 0.1) is 0 Å². The van der Waals surface area contributed by atoms with E-state index in [1.54, 1.807) is 6.20 Å². The summed E-state index contributed by atoms with van der Waals surface area (Å²) in [6.07, 6.45) is 6.44. The normalized spacial score (nSPS) is 12.5. The molecule has 0 radical (unpaired) electrons. The van der Waals surface area contributed by atoms with E-state index in [1.807, 2.05) is 36.7 Å². The summed E-state index contributed by atoms with van der Waals surface area (Å²) in [7, 11) is 0. The molecule has 2 heterocycles. The van der Waals surface area contributed by atoms with Gasteiger partial charge in [0.1, 0.15) is 0 Å². The lowest BCUT2D eigenvalue weighted by Gasteiger charge is -2.17. The third-order valence-electron chi connectivity index (χ3n) is 3.67. The SMILES string of the molecule is CCc1cnccc1C(N)c1cccc2ncccc12. The molecule has 1 aromatic carbocycles. The van der Waals surface area contributed by atoms with Gasteiger partial charge in [-0.2, -0.15) is 0 Å². The first kappa shape index (κ1) is 12.8. The van der Waals surface area contributed by atoms with E-state index in [2.05, 4.69) is 29.0 Å². The van der Waals surface area contributed by atoms with Crippen molar-refractivity contribution in [3.05, 3.63) is 71.7 Å². The second kappa shape index (κ2) is 5.39. The number of nitrogens with two attached hydrogens (primary N) is 1. The number of aryl methyl sites for hydroxylation is 1. The van der Waals surface area contributed by atoms with E-state index >= 15 is 0 Å². The minimum Gasteiger partial charge on any atom is -0.320 e. The Morgan fingerprint density at radius 2 is 1.95 bits per heavy atom. The van der Waals surface area contributed by atoms with Crippen LogP contribution in [-0.2, 0) is 6.42 Å². The van der Waals surface area contributed by atoms with Gasteiger partial charge in [-0.15, -0.1) is 0 Å². The van der Waals surface area contributed by atoms with Crippen molar-refractivity contribution in [3.63, 3.8) is 0 Å². The molecule has 100 valence electrons. The standard InChI is InChI=1S/C17H17N3/c1-2-12-11-19-10-8-13(12)17(18)15-5-3-7-16-14(15)6-4-9-20-16/h3-11,17H,2,18H2,1H3. The fourth-order valence-corrected chi connectivity index (χ4v) is 2.60. The van der Waals surface area contributed by atoms with Crippen LogP contribution in [0.25, 0.3) is 10.9 Å². The van der Waals surface area contributed by atoms with Crippen molar-refractivity contribution in [2.75, 3.05) is 0 Å². The highest BCUT2D eigenvalue weighted by Crippen LogP contribution is 2.28. The fourth-order valence-electron chi connectivity index (χ4n) is 2.60. The predicted octanol–water partition coefficient (Wildman–Crippen LogP) is 3.24. The molecule has 2 N–H and O–H groups in total. The van der Waals surface area contributed by atoms with Crippen molar-refractivity contribution in [1.82, 2.24) is 9.97 Å². The summed E-state index contributed by atoms with van der Waals surface area (Å²) in [6.45, 7) is 2.12. The Morgan fingerprint density at radius 3 is 2.80 bits per heavy atom. The molecule has 0 saturated heterocycles. The largest absolute Gasteiger partial charge is 0.320 e. The second-order valence-corrected chi connectivity index (χ2v) is 4.82. The Bertz CT molecular complexity index is 732. The zero-order valence-electron chi connectivity index (χ0n) is 11.5. The third-order valence-corrected chi connectivity index (χ3v) is 3.67. The molecular weight excluding hydrogens is 246 g/mol. The maximum absolute atomic E-state index is 6.50. The van der Waals surface area contributed by atoms with E-state index < -0.39 is 0 Å². The first-order valence-corrected chi connectivity index (χ1v) is 6.83. The van der Waals surface area contributed by atoms with Crippen molar-refractivity contribution in [1.29, 1.82) is 0 Å². The van der Waals surface area contributed by atoms with Crippen LogP contribution in [0.4, 0.5) is 0 Å². The number of rotatable bonds is 3. The number of pyridine rings is 2. The van der Waals surface area contributed by atoms with Crippen LogP contribution in [0.3, 0.4) is 0 Å². The summed E-state index contributed by atoms with van der Waals surface area (Å²) in [5, 5.41) is 1.11. The van der Waals surface area contributed by atoms with Crippen molar-refractivity contribution in [2.45, 2.75) is 19.4 Å². The Balaban J connectivity index is 2.15. The maximum Gasteiger partial charge on any atom is 0.0705 e. The smallest absolute Gasteiger partial charge is 0.0705 e. The molecule has 0 aliphatic carbocycles. The van der Waals surface area contributed by atoms with Gasteiger partial charge in [-0.3, -0.25) is 9.97 Å². The van der Waals surface area contributed by atoms with Crippen LogP contribution < -0.4 is 5.73 Å². The maximum atomic E-state index is 6.50. The molecule has 0 saturated carbocycles. The number of hydrogen-bond acceptors (Lipinski definition) is 3. The van der Waals surface area contributed by atoms with Crippen molar-refractivity contribution in [2.24, 2.45) is 5.73 Å². The molecule has 0 spiro atoms. The number of benzene rings is 1.